The van der Waals surface area contributed by atoms with Gasteiger partial charge >= 0.3 is 0 Å². The van der Waals surface area contributed by atoms with Gasteiger partial charge in [-0.25, -0.2) is 4.98 Å². The van der Waals surface area contributed by atoms with Crippen LogP contribution in [-0.2, 0) is 11.3 Å². The molecule has 31 heavy (non-hydrogen) atoms. The van der Waals surface area contributed by atoms with E-state index >= 15 is 0 Å². The number of hydrogen-bond donors (Lipinski definition) is 0. The van der Waals surface area contributed by atoms with Gasteiger partial charge in [-0.2, -0.15) is 0 Å². The molecule has 0 aliphatic heterocycles. The number of benzene rings is 2. The van der Waals surface area contributed by atoms with Crippen LogP contribution >= 0.6 is 22.9 Å². The van der Waals surface area contributed by atoms with E-state index in [2.05, 4.69) is 9.97 Å². The summed E-state index contributed by atoms with van der Waals surface area (Å²) in [5.41, 5.74) is 2.02. The van der Waals surface area contributed by atoms with Crippen LogP contribution < -0.4 is 4.90 Å². The number of halogens is 1. The zero-order valence-corrected chi connectivity index (χ0v) is 17.6. The first-order valence-corrected chi connectivity index (χ1v) is 10.4. The number of thiazole rings is 1. The second-order valence-electron chi connectivity index (χ2n) is 6.51. The smallest absolute Gasteiger partial charge is 0.269 e. The van der Waals surface area contributed by atoms with Crippen LogP contribution in [0.4, 0.5) is 10.8 Å². The topological polar surface area (TPSA) is 89.2 Å². The number of carbonyl (C=O) groups excluding carboxylic acids is 1. The Hall–Kier alpha value is -3.62. The third-order valence-corrected chi connectivity index (χ3v) is 5.77. The highest BCUT2D eigenvalue weighted by molar-refractivity contribution is 7.22. The van der Waals surface area contributed by atoms with Crippen molar-refractivity contribution in [2.45, 2.75) is 6.54 Å². The monoisotopic (exact) mass is 450 g/mol. The van der Waals surface area contributed by atoms with Gasteiger partial charge in [0.25, 0.3) is 11.6 Å². The predicted octanol–water partition coefficient (Wildman–Crippen LogP) is 5.50. The lowest BCUT2D eigenvalue weighted by Crippen LogP contribution is -2.29. The molecule has 0 bridgehead atoms. The molecule has 1 amide bonds. The van der Waals surface area contributed by atoms with Gasteiger partial charge in [-0.05, 0) is 48.0 Å². The number of aromatic nitrogens is 2. The molecule has 7 nitrogen and oxygen atoms in total. The van der Waals surface area contributed by atoms with Crippen molar-refractivity contribution in [2.24, 2.45) is 0 Å². The van der Waals surface area contributed by atoms with Crippen LogP contribution in [0.2, 0.25) is 5.02 Å². The Balaban J connectivity index is 1.65. The van der Waals surface area contributed by atoms with E-state index in [1.165, 1.54) is 34.4 Å². The Labute approximate surface area is 186 Å². The summed E-state index contributed by atoms with van der Waals surface area (Å²) >= 11 is 7.62. The predicted molar refractivity (Wildman–Crippen MR) is 122 cm³/mol. The van der Waals surface area contributed by atoms with Crippen LogP contribution in [0.5, 0.6) is 0 Å². The molecule has 2 heterocycles. The molecular weight excluding hydrogens is 436 g/mol. The molecule has 0 aliphatic carbocycles. The van der Waals surface area contributed by atoms with Crippen molar-refractivity contribution in [3.8, 4) is 0 Å². The number of fused-ring (bicyclic) bond motifs is 1. The first-order chi connectivity index (χ1) is 15.0. The number of carbonyl (C=O) groups is 1. The number of amides is 1. The highest BCUT2D eigenvalue weighted by atomic mass is 35.5. The highest BCUT2D eigenvalue weighted by Gasteiger charge is 2.19. The van der Waals surface area contributed by atoms with Gasteiger partial charge in [0.15, 0.2) is 5.13 Å². The first-order valence-electron chi connectivity index (χ1n) is 9.20. The van der Waals surface area contributed by atoms with E-state index in [-0.39, 0.29) is 18.1 Å². The Bertz CT molecular complexity index is 1270. The van der Waals surface area contributed by atoms with Crippen LogP contribution in [0.1, 0.15) is 11.3 Å². The number of non-ortho nitro benzene ring substituents is 1. The lowest BCUT2D eigenvalue weighted by molar-refractivity contribution is -0.384. The van der Waals surface area contributed by atoms with Crippen molar-refractivity contribution in [2.75, 3.05) is 4.90 Å². The third-order valence-electron chi connectivity index (χ3n) is 4.42. The molecule has 0 atom stereocenters. The minimum atomic E-state index is -0.467. The van der Waals surface area contributed by atoms with E-state index in [0.29, 0.717) is 26.9 Å². The number of hydrogen-bond acceptors (Lipinski definition) is 6. The minimum Gasteiger partial charge on any atom is -0.278 e. The van der Waals surface area contributed by atoms with Gasteiger partial charge in [0.05, 0.1) is 26.9 Å². The summed E-state index contributed by atoms with van der Waals surface area (Å²) in [6.07, 6.45) is 4.69. The summed E-state index contributed by atoms with van der Waals surface area (Å²) in [5.74, 6) is -0.292. The summed E-state index contributed by atoms with van der Waals surface area (Å²) in [7, 11) is 0. The standard InChI is InChI=1S/C22H15ClN4O3S/c23-18-5-3-6-19-21(18)25-22(31-19)26(14-16-4-1-2-13-24-16)20(28)12-9-15-7-10-17(11-8-15)27(29)30/h1-13H,14H2/b12-9+. The first kappa shape index (κ1) is 20.6. The molecule has 2 aromatic carbocycles. The fraction of sp³-hybridized carbons (Fsp3) is 0.0455. The fourth-order valence-corrected chi connectivity index (χ4v) is 4.15. The van der Waals surface area contributed by atoms with Crippen LogP contribution in [0.3, 0.4) is 0 Å². The van der Waals surface area contributed by atoms with Crippen LogP contribution in [0, 0.1) is 10.1 Å². The summed E-state index contributed by atoms with van der Waals surface area (Å²) < 4.78 is 0.876. The van der Waals surface area contributed by atoms with Crippen LogP contribution in [-0.4, -0.2) is 20.8 Å². The number of nitrogens with zero attached hydrogens (tertiary/aromatic N) is 4. The van der Waals surface area contributed by atoms with Gasteiger partial charge in [0.1, 0.15) is 5.52 Å². The van der Waals surface area contributed by atoms with E-state index in [9.17, 15) is 14.9 Å². The van der Waals surface area contributed by atoms with Gasteiger partial charge in [0.2, 0.25) is 0 Å². The molecule has 0 N–H and O–H groups in total. The number of anilines is 1. The molecule has 0 aliphatic rings. The van der Waals surface area contributed by atoms with Gasteiger partial charge in [-0.1, -0.05) is 35.1 Å². The molecular formula is C22H15ClN4O3S. The molecule has 4 aromatic rings. The largest absolute Gasteiger partial charge is 0.278 e. The molecule has 0 radical (unpaired) electrons. The number of para-hydroxylation sites is 1. The molecule has 0 fully saturated rings. The van der Waals surface area contributed by atoms with Crippen LogP contribution in [0.25, 0.3) is 16.3 Å². The maximum absolute atomic E-state index is 13.1. The average Bonchev–Trinajstić information content (AvgIpc) is 3.22. The number of nitro benzene ring substituents is 1. The zero-order chi connectivity index (χ0) is 21.8. The Morgan fingerprint density at radius 3 is 2.61 bits per heavy atom. The summed E-state index contributed by atoms with van der Waals surface area (Å²) in [6.45, 7) is 0.238. The number of pyridine rings is 1. The molecule has 0 saturated carbocycles. The van der Waals surface area contributed by atoms with Crippen molar-refractivity contribution in [1.82, 2.24) is 9.97 Å². The van der Waals surface area contributed by atoms with Crippen molar-refractivity contribution in [1.29, 1.82) is 0 Å². The zero-order valence-electron chi connectivity index (χ0n) is 16.0. The number of nitro groups is 1. The van der Waals surface area contributed by atoms with E-state index in [0.717, 1.165) is 4.70 Å². The second-order valence-corrected chi connectivity index (χ2v) is 7.93. The van der Waals surface area contributed by atoms with Crippen molar-refractivity contribution in [3.05, 3.63) is 99.3 Å². The molecule has 4 rings (SSSR count). The minimum absolute atomic E-state index is 0.00777. The molecule has 154 valence electrons. The Kier molecular flexibility index (Phi) is 6.01. The lowest BCUT2D eigenvalue weighted by atomic mass is 10.2. The second kappa shape index (κ2) is 9.03. The summed E-state index contributed by atoms with van der Waals surface area (Å²) in [5, 5.41) is 11.8. The van der Waals surface area contributed by atoms with Crippen molar-refractivity contribution < 1.29 is 9.72 Å². The maximum Gasteiger partial charge on any atom is 0.269 e. The van der Waals surface area contributed by atoms with Gasteiger partial charge < -0.3 is 0 Å². The average molecular weight is 451 g/mol. The third kappa shape index (κ3) is 4.76. The Morgan fingerprint density at radius 1 is 1.13 bits per heavy atom. The number of rotatable bonds is 6. The van der Waals surface area contributed by atoms with Gasteiger partial charge in [0, 0.05) is 24.4 Å². The van der Waals surface area contributed by atoms with E-state index in [4.69, 9.17) is 11.6 Å². The fourth-order valence-electron chi connectivity index (χ4n) is 2.88. The normalized spacial score (nSPS) is 11.1. The van der Waals surface area contributed by atoms with Crippen molar-refractivity contribution in [3.63, 3.8) is 0 Å². The van der Waals surface area contributed by atoms with E-state index in [1.807, 2.05) is 30.3 Å². The molecule has 0 spiro atoms. The van der Waals surface area contributed by atoms with Crippen LogP contribution in [0.15, 0.2) is 72.9 Å². The quantitative estimate of drug-likeness (QED) is 0.220. The highest BCUT2D eigenvalue weighted by Crippen LogP contribution is 2.33. The Morgan fingerprint density at radius 2 is 1.94 bits per heavy atom. The maximum atomic E-state index is 13.1. The van der Waals surface area contributed by atoms with Crippen molar-refractivity contribution >= 4 is 56.0 Å². The SMILES string of the molecule is O=C(/C=C/c1ccc([N+](=O)[O-])cc1)N(Cc1ccccn1)c1nc2c(Cl)cccc2s1. The molecule has 9 heteroatoms. The molecule has 0 unspecified atom stereocenters. The lowest BCUT2D eigenvalue weighted by Gasteiger charge is -2.17. The molecule has 0 saturated heterocycles. The van der Waals surface area contributed by atoms with Gasteiger partial charge in [-0.3, -0.25) is 24.8 Å². The summed E-state index contributed by atoms with van der Waals surface area (Å²) in [6, 6.07) is 17.0. The van der Waals surface area contributed by atoms with Gasteiger partial charge in [-0.15, -0.1) is 0 Å². The van der Waals surface area contributed by atoms with E-state index in [1.54, 1.807) is 30.5 Å². The van der Waals surface area contributed by atoms with E-state index < -0.39 is 4.92 Å². The molecule has 2 aromatic heterocycles. The summed E-state index contributed by atoms with van der Waals surface area (Å²) in [4.78, 5) is 33.8.